The Morgan fingerprint density at radius 3 is 2.44 bits per heavy atom. The number of benzene rings is 3. The molecule has 2 heterocycles. The van der Waals surface area contributed by atoms with Crippen LogP contribution in [-0.2, 0) is 13.0 Å². The van der Waals surface area contributed by atoms with Gasteiger partial charge in [0.25, 0.3) is 0 Å². The summed E-state index contributed by atoms with van der Waals surface area (Å²) in [6, 6.07) is 25.9. The Morgan fingerprint density at radius 2 is 1.62 bits per heavy atom. The summed E-state index contributed by atoms with van der Waals surface area (Å²) >= 11 is 0. The van der Waals surface area contributed by atoms with Gasteiger partial charge in [0.1, 0.15) is 5.75 Å². The first-order valence-electron chi connectivity index (χ1n) is 11.2. The number of para-hydroxylation sites is 1. The highest BCUT2D eigenvalue weighted by Crippen LogP contribution is 2.34. The lowest BCUT2D eigenvalue weighted by Gasteiger charge is -2.12. The molecule has 0 aliphatic heterocycles. The number of fused-ring (bicyclic) bond motifs is 2. The van der Waals surface area contributed by atoms with Crippen LogP contribution in [0, 0.1) is 0 Å². The van der Waals surface area contributed by atoms with E-state index in [4.69, 9.17) is 9.47 Å². The third-order valence-electron chi connectivity index (χ3n) is 5.88. The molecule has 1 N–H and O–H groups in total. The molecule has 0 radical (unpaired) electrons. The Hall–Kier alpha value is -4.32. The fraction of sp³-hybridized carbons (Fsp3) is 0.143. The maximum Gasteiger partial charge on any atom is 0.512 e. The van der Waals surface area contributed by atoms with Crippen LogP contribution in [0.25, 0.3) is 21.7 Å². The molecule has 6 heteroatoms. The standard InChI is InChI=1S/C28H24N2O4/c31-28(32)34-27-24(11-6-18-33-26-13-5-8-21-7-1-2-9-22(21)26)23-10-3-4-12-25(23)30(27)19-20-14-16-29-17-15-20/h1-5,7-10,12-17H,6,11,18-19H2,(H,31,32). The van der Waals surface area contributed by atoms with E-state index >= 15 is 0 Å². The van der Waals surface area contributed by atoms with Crippen molar-refractivity contribution in [1.29, 1.82) is 0 Å². The Morgan fingerprint density at radius 1 is 0.882 bits per heavy atom. The molecular formula is C28H24N2O4. The first-order valence-corrected chi connectivity index (χ1v) is 11.2. The van der Waals surface area contributed by atoms with E-state index in [0.29, 0.717) is 31.9 Å². The second kappa shape index (κ2) is 9.67. The summed E-state index contributed by atoms with van der Waals surface area (Å²) in [5, 5.41) is 12.7. The lowest BCUT2D eigenvalue weighted by Crippen LogP contribution is -2.11. The van der Waals surface area contributed by atoms with Gasteiger partial charge in [0.05, 0.1) is 18.7 Å². The van der Waals surface area contributed by atoms with Gasteiger partial charge in [0, 0.05) is 28.7 Å². The molecule has 0 aliphatic rings. The van der Waals surface area contributed by atoms with Gasteiger partial charge in [-0.3, -0.25) is 4.98 Å². The van der Waals surface area contributed by atoms with E-state index in [9.17, 15) is 9.90 Å². The van der Waals surface area contributed by atoms with Gasteiger partial charge in [-0.25, -0.2) is 4.79 Å². The van der Waals surface area contributed by atoms with Gasteiger partial charge < -0.3 is 19.1 Å². The van der Waals surface area contributed by atoms with Gasteiger partial charge in [0.15, 0.2) is 0 Å². The van der Waals surface area contributed by atoms with Crippen molar-refractivity contribution in [2.24, 2.45) is 0 Å². The van der Waals surface area contributed by atoms with Crippen LogP contribution in [0.3, 0.4) is 0 Å². The van der Waals surface area contributed by atoms with Crippen LogP contribution in [-0.4, -0.2) is 27.4 Å². The van der Waals surface area contributed by atoms with E-state index in [0.717, 1.165) is 38.6 Å². The number of ether oxygens (including phenoxy) is 2. The quantitative estimate of drug-likeness (QED) is 0.221. The van der Waals surface area contributed by atoms with Crippen molar-refractivity contribution in [3.8, 4) is 11.6 Å². The van der Waals surface area contributed by atoms with Crippen molar-refractivity contribution < 1.29 is 19.4 Å². The van der Waals surface area contributed by atoms with Crippen LogP contribution in [0.4, 0.5) is 4.79 Å². The van der Waals surface area contributed by atoms with Crippen molar-refractivity contribution in [2.75, 3.05) is 6.61 Å². The first kappa shape index (κ1) is 21.5. The molecule has 5 rings (SSSR count). The largest absolute Gasteiger partial charge is 0.512 e. The van der Waals surface area contributed by atoms with E-state index in [1.807, 2.05) is 65.2 Å². The number of pyridine rings is 1. The molecule has 0 saturated carbocycles. The molecule has 0 aliphatic carbocycles. The van der Waals surface area contributed by atoms with Crippen LogP contribution in [0.2, 0.25) is 0 Å². The van der Waals surface area contributed by atoms with Crippen LogP contribution in [0.5, 0.6) is 11.6 Å². The number of aryl methyl sites for hydroxylation is 1. The number of hydrogen-bond donors (Lipinski definition) is 1. The Kier molecular flexibility index (Phi) is 6.12. The van der Waals surface area contributed by atoms with Gasteiger partial charge in [-0.15, -0.1) is 0 Å². The minimum atomic E-state index is -1.33. The molecule has 5 aromatic rings. The summed E-state index contributed by atoms with van der Waals surface area (Å²) in [6.07, 6.45) is 3.46. The molecule has 0 saturated heterocycles. The number of aromatic nitrogens is 2. The molecule has 34 heavy (non-hydrogen) atoms. The summed E-state index contributed by atoms with van der Waals surface area (Å²) in [4.78, 5) is 15.6. The molecule has 3 aromatic carbocycles. The Balaban J connectivity index is 1.41. The zero-order valence-corrected chi connectivity index (χ0v) is 18.6. The van der Waals surface area contributed by atoms with Crippen molar-refractivity contribution in [1.82, 2.24) is 9.55 Å². The molecule has 2 aromatic heterocycles. The van der Waals surface area contributed by atoms with Gasteiger partial charge >= 0.3 is 6.16 Å². The molecular weight excluding hydrogens is 428 g/mol. The van der Waals surface area contributed by atoms with E-state index in [-0.39, 0.29) is 0 Å². The normalized spacial score (nSPS) is 11.1. The fourth-order valence-electron chi connectivity index (χ4n) is 4.37. The van der Waals surface area contributed by atoms with Gasteiger partial charge in [-0.05, 0) is 48.1 Å². The monoisotopic (exact) mass is 452 g/mol. The first-order chi connectivity index (χ1) is 16.7. The Bertz CT molecular complexity index is 1440. The highest BCUT2D eigenvalue weighted by atomic mass is 16.7. The summed E-state index contributed by atoms with van der Waals surface area (Å²) in [6.45, 7) is 0.989. The highest BCUT2D eigenvalue weighted by Gasteiger charge is 2.21. The lowest BCUT2D eigenvalue weighted by molar-refractivity contribution is 0.140. The molecule has 0 unspecified atom stereocenters. The summed E-state index contributed by atoms with van der Waals surface area (Å²) < 4.78 is 13.4. The number of carboxylic acid groups (broad SMARTS) is 1. The third kappa shape index (κ3) is 4.43. The van der Waals surface area contributed by atoms with Crippen LogP contribution < -0.4 is 9.47 Å². The molecule has 0 amide bonds. The van der Waals surface area contributed by atoms with Crippen molar-refractivity contribution in [3.63, 3.8) is 0 Å². The number of hydrogen-bond acceptors (Lipinski definition) is 4. The summed E-state index contributed by atoms with van der Waals surface area (Å²) in [7, 11) is 0. The number of nitrogens with zero attached hydrogens (tertiary/aromatic N) is 2. The van der Waals surface area contributed by atoms with Crippen molar-refractivity contribution in [2.45, 2.75) is 19.4 Å². The molecule has 0 atom stereocenters. The van der Waals surface area contributed by atoms with E-state index in [2.05, 4.69) is 23.2 Å². The number of rotatable bonds is 8. The zero-order chi connectivity index (χ0) is 23.3. The van der Waals surface area contributed by atoms with Crippen LogP contribution in [0.15, 0.2) is 91.3 Å². The van der Waals surface area contributed by atoms with Gasteiger partial charge in [-0.2, -0.15) is 0 Å². The fourth-order valence-corrected chi connectivity index (χ4v) is 4.37. The van der Waals surface area contributed by atoms with Gasteiger partial charge in [-0.1, -0.05) is 54.6 Å². The summed E-state index contributed by atoms with van der Waals surface area (Å²) in [5.74, 6) is 1.20. The maximum absolute atomic E-state index is 11.6. The van der Waals surface area contributed by atoms with E-state index in [1.54, 1.807) is 12.4 Å². The second-order valence-electron chi connectivity index (χ2n) is 8.04. The molecule has 0 fully saturated rings. The highest BCUT2D eigenvalue weighted by molar-refractivity contribution is 5.89. The maximum atomic E-state index is 11.6. The molecule has 0 bridgehead atoms. The predicted octanol–water partition coefficient (Wildman–Crippen LogP) is 6.31. The minimum absolute atomic E-state index is 0.357. The van der Waals surface area contributed by atoms with Crippen LogP contribution >= 0.6 is 0 Å². The van der Waals surface area contributed by atoms with Gasteiger partial charge in [0.2, 0.25) is 5.88 Å². The average Bonchev–Trinajstić information content (AvgIpc) is 3.14. The number of carbonyl (C=O) groups is 1. The van der Waals surface area contributed by atoms with Crippen molar-refractivity contribution in [3.05, 3.63) is 102 Å². The lowest BCUT2D eigenvalue weighted by atomic mass is 10.1. The smallest absolute Gasteiger partial charge is 0.493 e. The summed E-state index contributed by atoms with van der Waals surface area (Å²) in [5.41, 5.74) is 2.81. The zero-order valence-electron chi connectivity index (χ0n) is 18.6. The third-order valence-corrected chi connectivity index (χ3v) is 5.88. The van der Waals surface area contributed by atoms with Crippen molar-refractivity contribution >= 4 is 27.8 Å². The average molecular weight is 453 g/mol. The van der Waals surface area contributed by atoms with E-state index < -0.39 is 6.16 Å². The van der Waals surface area contributed by atoms with E-state index in [1.165, 1.54) is 0 Å². The predicted molar refractivity (Wildman–Crippen MR) is 132 cm³/mol. The molecule has 0 spiro atoms. The second-order valence-corrected chi connectivity index (χ2v) is 8.04. The SMILES string of the molecule is O=C(O)Oc1c(CCCOc2cccc3ccccc23)c2ccccc2n1Cc1ccncc1. The van der Waals surface area contributed by atoms with Crippen LogP contribution in [0.1, 0.15) is 17.5 Å². The molecule has 6 nitrogen and oxygen atoms in total. The topological polar surface area (TPSA) is 73.6 Å². The molecule has 170 valence electrons. The Labute approximate surface area is 197 Å². The minimum Gasteiger partial charge on any atom is -0.493 e.